The zero-order valence-corrected chi connectivity index (χ0v) is 12.4. The molecule has 0 spiro atoms. The summed E-state index contributed by atoms with van der Waals surface area (Å²) in [5.74, 6) is 0.356. The molecule has 0 fully saturated rings. The number of rotatable bonds is 4. The van der Waals surface area contributed by atoms with Crippen molar-refractivity contribution in [3.05, 3.63) is 48.1 Å². The summed E-state index contributed by atoms with van der Waals surface area (Å²) in [5.41, 5.74) is 6.25. The lowest BCUT2D eigenvalue weighted by atomic mass is 10.2. The van der Waals surface area contributed by atoms with E-state index < -0.39 is 0 Å². The molecule has 2 aromatic heterocycles. The Labute approximate surface area is 127 Å². The van der Waals surface area contributed by atoms with Gasteiger partial charge in [0.1, 0.15) is 5.52 Å². The van der Waals surface area contributed by atoms with Crippen LogP contribution in [0.3, 0.4) is 0 Å². The molecule has 3 rings (SSSR count). The third kappa shape index (κ3) is 2.85. The first kappa shape index (κ1) is 13.9. The van der Waals surface area contributed by atoms with Gasteiger partial charge in [0, 0.05) is 10.9 Å². The van der Waals surface area contributed by atoms with Gasteiger partial charge in [-0.15, -0.1) is 10.2 Å². The fraction of sp³-hybridized carbons (Fsp3) is 0.125. The molecule has 0 atom stereocenters. The van der Waals surface area contributed by atoms with Crippen LogP contribution in [0.2, 0.25) is 0 Å². The third-order valence-corrected chi connectivity index (χ3v) is 3.11. The van der Waals surface area contributed by atoms with E-state index in [1.165, 1.54) is 0 Å². The molecule has 0 radical (unpaired) electrons. The maximum Gasteiger partial charge on any atom is 0.265 e. The predicted octanol–water partition coefficient (Wildman–Crippen LogP) is 3.43. The molecule has 0 saturated heterocycles. The number of hydrazone groups is 1. The predicted molar refractivity (Wildman–Crippen MR) is 89.9 cm³/mol. The zero-order chi connectivity index (χ0) is 15.4. The highest BCUT2D eigenvalue weighted by Crippen LogP contribution is 2.21. The quantitative estimate of drug-likeness (QED) is 0.438. The van der Waals surface area contributed by atoms with Crippen LogP contribution < -0.4 is 5.43 Å². The van der Waals surface area contributed by atoms with Crippen LogP contribution in [0, 0.1) is 0 Å². The van der Waals surface area contributed by atoms with Gasteiger partial charge in [0.25, 0.3) is 5.95 Å². The van der Waals surface area contributed by atoms with Gasteiger partial charge in [0.15, 0.2) is 5.65 Å². The molecule has 0 aliphatic rings. The Morgan fingerprint density at radius 1 is 1.27 bits per heavy atom. The monoisotopic (exact) mass is 292 g/mol. The number of aromatic nitrogens is 4. The molecule has 22 heavy (non-hydrogen) atoms. The van der Waals surface area contributed by atoms with Crippen molar-refractivity contribution >= 4 is 34.2 Å². The molecule has 6 nitrogen and oxygen atoms in total. The smallest absolute Gasteiger partial charge is 0.265 e. The van der Waals surface area contributed by atoms with Gasteiger partial charge in [-0.05, 0) is 25.5 Å². The SMILES string of the molecule is C\C=C/C=C(C)/C=N/Nc1nnc2c(n1)[nH]c1ccccc12. The molecule has 0 amide bonds. The molecule has 0 aliphatic carbocycles. The maximum absolute atomic E-state index is 4.38. The van der Waals surface area contributed by atoms with Crippen LogP contribution in [-0.2, 0) is 0 Å². The summed E-state index contributed by atoms with van der Waals surface area (Å²) in [6, 6.07) is 7.91. The van der Waals surface area contributed by atoms with Crippen LogP contribution in [0.5, 0.6) is 0 Å². The van der Waals surface area contributed by atoms with E-state index in [-0.39, 0.29) is 0 Å². The highest BCUT2D eigenvalue weighted by Gasteiger charge is 2.07. The Hall–Kier alpha value is -3.02. The fourth-order valence-electron chi connectivity index (χ4n) is 2.05. The lowest BCUT2D eigenvalue weighted by Gasteiger charge is -1.96. The summed E-state index contributed by atoms with van der Waals surface area (Å²) in [7, 11) is 0. The molecule has 0 aliphatic heterocycles. The van der Waals surface area contributed by atoms with Gasteiger partial charge in [0.2, 0.25) is 0 Å². The molecule has 2 N–H and O–H groups in total. The van der Waals surface area contributed by atoms with E-state index in [0.717, 1.165) is 22.0 Å². The highest BCUT2D eigenvalue weighted by atomic mass is 15.4. The van der Waals surface area contributed by atoms with Crippen LogP contribution in [-0.4, -0.2) is 26.4 Å². The van der Waals surface area contributed by atoms with Gasteiger partial charge in [-0.25, -0.2) is 5.43 Å². The van der Waals surface area contributed by atoms with Crippen molar-refractivity contribution in [2.45, 2.75) is 13.8 Å². The summed E-state index contributed by atoms with van der Waals surface area (Å²) in [5, 5.41) is 13.4. The van der Waals surface area contributed by atoms with E-state index in [9.17, 15) is 0 Å². The average molecular weight is 292 g/mol. The number of para-hydroxylation sites is 1. The molecular weight excluding hydrogens is 276 g/mol. The van der Waals surface area contributed by atoms with Crippen molar-refractivity contribution in [3.63, 3.8) is 0 Å². The second-order valence-electron chi connectivity index (χ2n) is 4.81. The van der Waals surface area contributed by atoms with E-state index in [0.29, 0.717) is 11.6 Å². The normalized spacial score (nSPS) is 12.9. The van der Waals surface area contributed by atoms with E-state index >= 15 is 0 Å². The third-order valence-electron chi connectivity index (χ3n) is 3.11. The van der Waals surface area contributed by atoms with E-state index in [1.807, 2.05) is 56.3 Å². The summed E-state index contributed by atoms with van der Waals surface area (Å²) in [6.45, 7) is 3.93. The highest BCUT2D eigenvalue weighted by molar-refractivity contribution is 6.03. The Morgan fingerprint density at radius 3 is 3.00 bits per heavy atom. The van der Waals surface area contributed by atoms with E-state index in [4.69, 9.17) is 0 Å². The van der Waals surface area contributed by atoms with Crippen molar-refractivity contribution in [2.24, 2.45) is 5.10 Å². The van der Waals surface area contributed by atoms with Crippen molar-refractivity contribution in [2.75, 3.05) is 5.43 Å². The van der Waals surface area contributed by atoms with Gasteiger partial charge >= 0.3 is 0 Å². The Kier molecular flexibility index (Phi) is 3.91. The van der Waals surface area contributed by atoms with Crippen LogP contribution in [0.25, 0.3) is 22.1 Å². The van der Waals surface area contributed by atoms with Gasteiger partial charge in [-0.2, -0.15) is 10.1 Å². The number of nitrogens with zero attached hydrogens (tertiary/aromatic N) is 4. The summed E-state index contributed by atoms with van der Waals surface area (Å²) < 4.78 is 0. The van der Waals surface area contributed by atoms with Crippen molar-refractivity contribution in [1.82, 2.24) is 20.2 Å². The summed E-state index contributed by atoms with van der Waals surface area (Å²) in [6.07, 6.45) is 7.58. The van der Waals surface area contributed by atoms with Gasteiger partial charge in [-0.1, -0.05) is 36.4 Å². The number of aromatic amines is 1. The Bertz CT molecular complexity index is 888. The first-order valence-corrected chi connectivity index (χ1v) is 6.97. The fourth-order valence-corrected chi connectivity index (χ4v) is 2.05. The van der Waals surface area contributed by atoms with Crippen LogP contribution in [0.1, 0.15) is 13.8 Å². The minimum atomic E-state index is 0.356. The number of fused-ring (bicyclic) bond motifs is 3. The summed E-state index contributed by atoms with van der Waals surface area (Å²) in [4.78, 5) is 7.60. The number of anilines is 1. The van der Waals surface area contributed by atoms with Crippen LogP contribution in [0.4, 0.5) is 5.95 Å². The van der Waals surface area contributed by atoms with Gasteiger partial charge in [0.05, 0.1) is 6.21 Å². The van der Waals surface area contributed by atoms with E-state index in [2.05, 4.69) is 30.7 Å². The number of nitrogens with one attached hydrogen (secondary N) is 2. The first-order valence-electron chi connectivity index (χ1n) is 6.97. The van der Waals surface area contributed by atoms with Gasteiger partial charge in [-0.3, -0.25) is 0 Å². The second-order valence-corrected chi connectivity index (χ2v) is 4.81. The van der Waals surface area contributed by atoms with Gasteiger partial charge < -0.3 is 4.98 Å². The Morgan fingerprint density at radius 2 is 2.14 bits per heavy atom. The second kappa shape index (κ2) is 6.17. The minimum Gasteiger partial charge on any atom is -0.338 e. The maximum atomic E-state index is 4.38. The van der Waals surface area contributed by atoms with Crippen molar-refractivity contribution in [3.8, 4) is 0 Å². The topological polar surface area (TPSA) is 78.8 Å². The van der Waals surface area contributed by atoms with Crippen molar-refractivity contribution < 1.29 is 0 Å². The molecular formula is C16H16N6. The number of hydrogen-bond donors (Lipinski definition) is 2. The zero-order valence-electron chi connectivity index (χ0n) is 12.4. The lowest BCUT2D eigenvalue weighted by Crippen LogP contribution is -1.98. The average Bonchev–Trinajstić information content (AvgIpc) is 2.90. The first-order chi connectivity index (χ1) is 10.8. The van der Waals surface area contributed by atoms with E-state index in [1.54, 1.807) is 6.21 Å². The molecule has 0 unspecified atom stereocenters. The minimum absolute atomic E-state index is 0.356. The molecule has 6 heteroatoms. The molecule has 0 bridgehead atoms. The van der Waals surface area contributed by atoms with Crippen molar-refractivity contribution in [1.29, 1.82) is 0 Å². The standard InChI is InChI=1S/C16H16N6/c1-3-4-7-11(2)10-17-21-16-19-15-14(20-22-16)12-8-5-6-9-13(12)18-15/h3-10H,1-2H3,(H2,18,19,21,22)/b4-3-,11-7+,17-10+. The molecule has 0 saturated carbocycles. The molecule has 110 valence electrons. The largest absolute Gasteiger partial charge is 0.338 e. The van der Waals surface area contributed by atoms with Crippen LogP contribution in [0.15, 0.2) is 53.2 Å². The number of H-pyrrole nitrogens is 1. The number of benzene rings is 1. The summed E-state index contributed by atoms with van der Waals surface area (Å²) >= 11 is 0. The number of hydrogen-bond acceptors (Lipinski definition) is 5. The van der Waals surface area contributed by atoms with Crippen LogP contribution >= 0.6 is 0 Å². The molecule has 2 heterocycles. The molecule has 1 aromatic carbocycles. The lowest BCUT2D eigenvalue weighted by molar-refractivity contribution is 1.01. The molecule has 3 aromatic rings. The Balaban J connectivity index is 1.83. The number of allylic oxidation sites excluding steroid dienone is 4.